The highest BCUT2D eigenvalue weighted by atomic mass is 16.6. The Kier molecular flexibility index (Phi) is 5.61. The third-order valence-electron chi connectivity index (χ3n) is 10.6. The van der Waals surface area contributed by atoms with Crippen LogP contribution in [0.2, 0.25) is 0 Å². The Labute approximate surface area is 203 Å². The van der Waals surface area contributed by atoms with E-state index in [1.807, 2.05) is 36.4 Å². The van der Waals surface area contributed by atoms with E-state index in [1.165, 1.54) is 0 Å². The first-order valence-corrected chi connectivity index (χ1v) is 12.7. The van der Waals surface area contributed by atoms with Crippen molar-refractivity contribution in [3.8, 4) is 0 Å². The Hall–Kier alpha value is -2.62. The number of ether oxygens (including phenoxy) is 2. The van der Waals surface area contributed by atoms with Crippen molar-refractivity contribution in [2.24, 2.45) is 40.4 Å². The molecular formula is C30H36O4. The molecule has 0 aromatic heterocycles. The third kappa shape index (κ3) is 3.25. The fourth-order valence-corrected chi connectivity index (χ4v) is 8.17. The highest BCUT2D eigenvalue weighted by Crippen LogP contribution is 2.77. The van der Waals surface area contributed by atoms with Gasteiger partial charge in [0, 0.05) is 0 Å². The van der Waals surface area contributed by atoms with E-state index in [0.29, 0.717) is 40.7 Å². The molecule has 0 amide bonds. The van der Waals surface area contributed by atoms with Crippen molar-refractivity contribution in [1.82, 2.24) is 0 Å². The quantitative estimate of drug-likeness (QED) is 0.495. The predicted molar refractivity (Wildman–Crippen MR) is 131 cm³/mol. The van der Waals surface area contributed by atoms with E-state index in [-0.39, 0.29) is 22.8 Å². The molecule has 3 aliphatic carbocycles. The van der Waals surface area contributed by atoms with E-state index < -0.39 is 12.2 Å². The summed E-state index contributed by atoms with van der Waals surface area (Å²) >= 11 is 0. The molecule has 0 aliphatic heterocycles. The summed E-state index contributed by atoms with van der Waals surface area (Å²) in [6.45, 7) is 12.1. The third-order valence-corrected chi connectivity index (χ3v) is 10.6. The molecule has 3 fully saturated rings. The number of carbonyl (C=O) groups excluding carboxylic acids is 2. The first-order chi connectivity index (χ1) is 16.2. The average molecular weight is 461 g/mol. The summed E-state index contributed by atoms with van der Waals surface area (Å²) in [4.78, 5) is 26.1. The van der Waals surface area contributed by atoms with E-state index in [9.17, 15) is 9.59 Å². The molecule has 0 N–H and O–H groups in total. The van der Waals surface area contributed by atoms with Gasteiger partial charge >= 0.3 is 11.9 Å². The molecule has 2 aromatic carbocycles. The highest BCUT2D eigenvalue weighted by Gasteiger charge is 2.73. The number of hydrogen-bond acceptors (Lipinski definition) is 4. The summed E-state index contributed by atoms with van der Waals surface area (Å²) in [5, 5.41) is 0. The first-order valence-electron chi connectivity index (χ1n) is 12.7. The molecule has 0 radical (unpaired) electrons. The average Bonchev–Trinajstić information content (AvgIpc) is 3.11. The van der Waals surface area contributed by atoms with Crippen LogP contribution in [0.15, 0.2) is 60.7 Å². The standard InChI is InChI=1S/C30H36O4/c1-18-19(2)30(5)20(3)29(18,4)23-16-25(33-27(31)21-12-8-6-9-13-21)26(17-24(23)30)34-28(32)22-14-10-7-11-15-22/h6-15,18-20,23-26H,16-17H2,1-5H3/t18-,19?,20?,23?,24?,25?,26?,29?,30?/m1/s1. The zero-order valence-electron chi connectivity index (χ0n) is 20.9. The molecule has 3 aliphatic rings. The summed E-state index contributed by atoms with van der Waals surface area (Å²) in [5.41, 5.74) is 1.42. The van der Waals surface area contributed by atoms with E-state index in [4.69, 9.17) is 9.47 Å². The van der Waals surface area contributed by atoms with Crippen molar-refractivity contribution >= 4 is 11.9 Å². The van der Waals surface area contributed by atoms with Crippen LogP contribution in [-0.2, 0) is 9.47 Å². The van der Waals surface area contributed by atoms with Gasteiger partial charge in [0.05, 0.1) is 11.1 Å². The number of esters is 2. The Morgan fingerprint density at radius 1 is 0.676 bits per heavy atom. The molecule has 4 nitrogen and oxygen atoms in total. The van der Waals surface area contributed by atoms with E-state index in [1.54, 1.807) is 24.3 Å². The van der Waals surface area contributed by atoms with Crippen LogP contribution in [0.3, 0.4) is 0 Å². The fraction of sp³-hybridized carbons (Fsp3) is 0.533. The molecule has 2 bridgehead atoms. The normalized spacial score (nSPS) is 40.4. The number of rotatable bonds is 4. The molecule has 8 unspecified atom stereocenters. The molecule has 2 aromatic rings. The van der Waals surface area contributed by atoms with Crippen LogP contribution in [0.25, 0.3) is 0 Å². The fourth-order valence-electron chi connectivity index (χ4n) is 8.17. The zero-order valence-corrected chi connectivity index (χ0v) is 20.9. The lowest BCUT2D eigenvalue weighted by Crippen LogP contribution is -2.52. The number of benzene rings is 2. The lowest BCUT2D eigenvalue weighted by atomic mass is 9.54. The molecule has 0 heterocycles. The van der Waals surface area contributed by atoms with Gasteiger partial charge in [0.15, 0.2) is 0 Å². The minimum absolute atomic E-state index is 0.185. The topological polar surface area (TPSA) is 52.6 Å². The van der Waals surface area contributed by atoms with Crippen LogP contribution >= 0.6 is 0 Å². The Morgan fingerprint density at radius 2 is 1.03 bits per heavy atom. The van der Waals surface area contributed by atoms with Crippen LogP contribution in [-0.4, -0.2) is 24.1 Å². The highest BCUT2D eigenvalue weighted by molar-refractivity contribution is 5.90. The second kappa shape index (κ2) is 8.25. The maximum absolute atomic E-state index is 13.0. The predicted octanol–water partition coefficient (Wildman–Crippen LogP) is 6.41. The summed E-state index contributed by atoms with van der Waals surface area (Å²) < 4.78 is 12.2. The van der Waals surface area contributed by atoms with Crippen LogP contribution in [0.1, 0.15) is 68.2 Å². The second-order valence-electron chi connectivity index (χ2n) is 11.3. The molecule has 3 saturated carbocycles. The van der Waals surface area contributed by atoms with Crippen molar-refractivity contribution in [2.75, 3.05) is 0 Å². The Morgan fingerprint density at radius 3 is 1.38 bits per heavy atom. The molecule has 34 heavy (non-hydrogen) atoms. The van der Waals surface area contributed by atoms with Crippen LogP contribution in [0.5, 0.6) is 0 Å². The molecule has 0 saturated heterocycles. The molecule has 9 atom stereocenters. The molecule has 5 rings (SSSR count). The summed E-state index contributed by atoms with van der Waals surface area (Å²) in [6.07, 6.45) is 0.583. The lowest BCUT2D eigenvalue weighted by Gasteiger charge is -2.52. The first kappa shape index (κ1) is 23.1. The second-order valence-corrected chi connectivity index (χ2v) is 11.3. The molecule has 0 spiro atoms. The van der Waals surface area contributed by atoms with Gasteiger partial charge < -0.3 is 9.47 Å². The van der Waals surface area contributed by atoms with Gasteiger partial charge in [-0.3, -0.25) is 0 Å². The number of fused-ring (bicyclic) bond motifs is 5. The van der Waals surface area contributed by atoms with Gasteiger partial charge in [0.25, 0.3) is 0 Å². The lowest BCUT2D eigenvalue weighted by molar-refractivity contribution is -0.116. The van der Waals surface area contributed by atoms with Crippen molar-refractivity contribution in [3.63, 3.8) is 0 Å². The number of hydrogen-bond donors (Lipinski definition) is 0. The van der Waals surface area contributed by atoms with Gasteiger partial charge in [0.2, 0.25) is 0 Å². The van der Waals surface area contributed by atoms with Crippen molar-refractivity contribution in [2.45, 2.75) is 59.7 Å². The van der Waals surface area contributed by atoms with Crippen LogP contribution < -0.4 is 0 Å². The van der Waals surface area contributed by atoms with Crippen molar-refractivity contribution in [1.29, 1.82) is 0 Å². The largest absolute Gasteiger partial charge is 0.455 e. The SMILES string of the molecule is CC1[C@@H](C)C2(C)C3CC(OC(=O)c4ccccc4)C(OC(=O)c4ccccc4)CC3C1(C)C2C. The van der Waals surface area contributed by atoms with Gasteiger partial charge in [-0.15, -0.1) is 0 Å². The van der Waals surface area contributed by atoms with Gasteiger partial charge in [-0.1, -0.05) is 71.0 Å². The van der Waals surface area contributed by atoms with Crippen molar-refractivity contribution < 1.29 is 19.1 Å². The molecule has 4 heteroatoms. The monoisotopic (exact) mass is 460 g/mol. The Balaban J connectivity index is 1.46. The minimum atomic E-state index is -0.448. The summed E-state index contributed by atoms with van der Waals surface area (Å²) in [7, 11) is 0. The number of carbonyl (C=O) groups is 2. The minimum Gasteiger partial charge on any atom is -0.455 e. The van der Waals surface area contributed by atoms with Gasteiger partial charge in [0.1, 0.15) is 12.2 Å². The maximum Gasteiger partial charge on any atom is 0.338 e. The van der Waals surface area contributed by atoms with E-state index >= 15 is 0 Å². The molecular weight excluding hydrogens is 424 g/mol. The van der Waals surface area contributed by atoms with Gasteiger partial charge in [-0.05, 0) is 77.5 Å². The zero-order chi connectivity index (χ0) is 24.3. The van der Waals surface area contributed by atoms with Crippen LogP contribution in [0, 0.1) is 40.4 Å². The summed E-state index contributed by atoms with van der Waals surface area (Å²) in [6, 6.07) is 18.2. The summed E-state index contributed by atoms with van der Waals surface area (Å²) in [5.74, 6) is 1.95. The maximum atomic E-state index is 13.0. The van der Waals surface area contributed by atoms with Gasteiger partial charge in [-0.25, -0.2) is 9.59 Å². The smallest absolute Gasteiger partial charge is 0.338 e. The van der Waals surface area contributed by atoms with E-state index in [0.717, 1.165) is 12.8 Å². The molecule has 180 valence electrons. The van der Waals surface area contributed by atoms with Crippen LogP contribution in [0.4, 0.5) is 0 Å². The van der Waals surface area contributed by atoms with Crippen molar-refractivity contribution in [3.05, 3.63) is 71.8 Å². The Bertz CT molecular complexity index is 980. The van der Waals surface area contributed by atoms with Gasteiger partial charge in [-0.2, -0.15) is 0 Å². The van der Waals surface area contributed by atoms with E-state index in [2.05, 4.69) is 34.6 Å².